The van der Waals surface area contributed by atoms with E-state index in [1.54, 1.807) is 4.68 Å². The number of aromatic nitrogens is 2. The Morgan fingerprint density at radius 2 is 2.20 bits per heavy atom. The molecule has 1 rings (SSSR count). The Kier molecular flexibility index (Phi) is 3.68. The molecule has 0 bridgehead atoms. The average Bonchev–Trinajstić information content (AvgIpc) is 2.41. The number of aryl methyl sites for hydroxylation is 2. The first-order chi connectivity index (χ1) is 7.07. The normalized spacial score (nSPS) is 10.0. The lowest BCUT2D eigenvalue weighted by Crippen LogP contribution is -2.02. The second-order valence-electron chi connectivity index (χ2n) is 3.65. The lowest BCUT2D eigenvalue weighted by Gasteiger charge is -1.99. The fraction of sp³-hybridized carbons (Fsp3) is 0.500. The second kappa shape index (κ2) is 4.79. The maximum atomic E-state index is 11.9. The lowest BCUT2D eigenvalue weighted by atomic mass is 10.0. The van der Waals surface area contributed by atoms with E-state index >= 15 is 0 Å². The molecule has 1 aromatic heterocycles. The SMILES string of the molecule is C#CCCCC(=O)c1c(C)nn(C)c1C. The number of Topliss-reactive ketones (excluding diaryl/α,β-unsaturated/α-hetero) is 1. The van der Waals surface area contributed by atoms with E-state index in [1.807, 2.05) is 20.9 Å². The number of ketones is 1. The first kappa shape index (κ1) is 11.5. The van der Waals surface area contributed by atoms with Gasteiger partial charge in [0.15, 0.2) is 5.78 Å². The van der Waals surface area contributed by atoms with Gasteiger partial charge >= 0.3 is 0 Å². The zero-order valence-electron chi connectivity index (χ0n) is 9.50. The maximum Gasteiger partial charge on any atom is 0.166 e. The summed E-state index contributed by atoms with van der Waals surface area (Å²) in [6, 6.07) is 0. The summed E-state index contributed by atoms with van der Waals surface area (Å²) in [5, 5.41) is 4.22. The summed E-state index contributed by atoms with van der Waals surface area (Å²) in [6.07, 6.45) is 7.06. The fourth-order valence-electron chi connectivity index (χ4n) is 1.65. The van der Waals surface area contributed by atoms with Gasteiger partial charge in [0.2, 0.25) is 0 Å². The van der Waals surface area contributed by atoms with Crippen LogP contribution in [0.3, 0.4) is 0 Å². The number of terminal acetylenes is 1. The van der Waals surface area contributed by atoms with E-state index in [0.717, 1.165) is 23.4 Å². The summed E-state index contributed by atoms with van der Waals surface area (Å²) < 4.78 is 1.74. The zero-order valence-corrected chi connectivity index (χ0v) is 9.50. The molecular weight excluding hydrogens is 188 g/mol. The molecule has 0 atom stereocenters. The van der Waals surface area contributed by atoms with Gasteiger partial charge in [0.05, 0.1) is 11.3 Å². The smallest absolute Gasteiger partial charge is 0.166 e. The van der Waals surface area contributed by atoms with Gasteiger partial charge in [0.25, 0.3) is 0 Å². The molecule has 0 unspecified atom stereocenters. The van der Waals surface area contributed by atoms with Crippen LogP contribution in [0, 0.1) is 26.2 Å². The van der Waals surface area contributed by atoms with Crippen LogP contribution in [0.1, 0.15) is 41.0 Å². The van der Waals surface area contributed by atoms with Gasteiger partial charge in [-0.15, -0.1) is 12.3 Å². The topological polar surface area (TPSA) is 34.9 Å². The first-order valence-corrected chi connectivity index (χ1v) is 5.04. The second-order valence-corrected chi connectivity index (χ2v) is 3.65. The molecule has 0 aliphatic heterocycles. The molecule has 15 heavy (non-hydrogen) atoms. The van der Waals surface area contributed by atoms with E-state index in [0.29, 0.717) is 12.8 Å². The molecule has 0 aliphatic rings. The Morgan fingerprint density at radius 3 is 2.67 bits per heavy atom. The quantitative estimate of drug-likeness (QED) is 0.427. The van der Waals surface area contributed by atoms with Crippen LogP contribution in [-0.2, 0) is 7.05 Å². The molecule has 3 heteroatoms. The molecular formula is C12H16N2O. The molecule has 0 radical (unpaired) electrons. The Bertz CT molecular complexity index is 410. The molecule has 1 heterocycles. The van der Waals surface area contributed by atoms with Gasteiger partial charge in [0, 0.05) is 25.6 Å². The molecule has 0 saturated heterocycles. The molecule has 1 aromatic rings. The Balaban J connectivity index is 2.78. The summed E-state index contributed by atoms with van der Waals surface area (Å²) in [7, 11) is 1.85. The third-order valence-electron chi connectivity index (χ3n) is 2.51. The van der Waals surface area contributed by atoms with Crippen LogP contribution in [0.5, 0.6) is 0 Å². The molecule has 0 saturated carbocycles. The highest BCUT2D eigenvalue weighted by Crippen LogP contribution is 2.15. The average molecular weight is 204 g/mol. The van der Waals surface area contributed by atoms with Gasteiger partial charge in [-0.3, -0.25) is 9.48 Å². The molecule has 0 spiro atoms. The summed E-state index contributed by atoms with van der Waals surface area (Å²) in [6.45, 7) is 3.77. The van der Waals surface area contributed by atoms with Gasteiger partial charge in [-0.05, 0) is 20.3 Å². The highest BCUT2D eigenvalue weighted by Gasteiger charge is 2.16. The number of hydrogen-bond donors (Lipinski definition) is 0. The van der Waals surface area contributed by atoms with Gasteiger partial charge in [-0.1, -0.05) is 0 Å². The van der Waals surface area contributed by atoms with Crippen LogP contribution in [-0.4, -0.2) is 15.6 Å². The summed E-state index contributed by atoms with van der Waals surface area (Å²) in [5.41, 5.74) is 2.49. The van der Waals surface area contributed by atoms with Gasteiger partial charge in [-0.2, -0.15) is 5.10 Å². The van der Waals surface area contributed by atoms with E-state index in [4.69, 9.17) is 6.42 Å². The monoisotopic (exact) mass is 204 g/mol. The van der Waals surface area contributed by atoms with Crippen LogP contribution in [0.4, 0.5) is 0 Å². The minimum atomic E-state index is 0.147. The third-order valence-corrected chi connectivity index (χ3v) is 2.51. The number of rotatable bonds is 4. The van der Waals surface area contributed by atoms with Crippen molar-refractivity contribution in [1.29, 1.82) is 0 Å². The highest BCUT2D eigenvalue weighted by atomic mass is 16.1. The molecule has 0 aliphatic carbocycles. The Labute approximate surface area is 90.5 Å². The number of nitrogens with zero attached hydrogens (tertiary/aromatic N) is 2. The van der Waals surface area contributed by atoms with Crippen LogP contribution in [0.2, 0.25) is 0 Å². The van der Waals surface area contributed by atoms with Crippen molar-refractivity contribution >= 4 is 5.78 Å². The predicted octanol–water partition coefficient (Wildman–Crippen LogP) is 2.02. The van der Waals surface area contributed by atoms with Crippen LogP contribution < -0.4 is 0 Å². The molecule has 0 amide bonds. The van der Waals surface area contributed by atoms with E-state index in [-0.39, 0.29) is 5.78 Å². The van der Waals surface area contributed by atoms with Crippen molar-refractivity contribution < 1.29 is 4.79 Å². The molecule has 0 fully saturated rings. The van der Waals surface area contributed by atoms with Crippen molar-refractivity contribution in [3.8, 4) is 12.3 Å². The van der Waals surface area contributed by atoms with E-state index in [1.165, 1.54) is 0 Å². The Morgan fingerprint density at radius 1 is 1.53 bits per heavy atom. The minimum absolute atomic E-state index is 0.147. The van der Waals surface area contributed by atoms with Gasteiger partial charge in [0.1, 0.15) is 0 Å². The maximum absolute atomic E-state index is 11.9. The molecule has 80 valence electrons. The standard InChI is InChI=1S/C12H16N2O/c1-5-6-7-8-11(15)12-9(2)13-14(4)10(12)3/h1H,6-8H2,2-4H3. The lowest BCUT2D eigenvalue weighted by molar-refractivity contribution is 0.0979. The largest absolute Gasteiger partial charge is 0.294 e. The Hall–Kier alpha value is -1.56. The van der Waals surface area contributed by atoms with E-state index in [9.17, 15) is 4.79 Å². The van der Waals surface area contributed by atoms with Gasteiger partial charge in [-0.25, -0.2) is 0 Å². The number of hydrogen-bond acceptors (Lipinski definition) is 2. The van der Waals surface area contributed by atoms with Crippen molar-refractivity contribution in [3.63, 3.8) is 0 Å². The van der Waals surface area contributed by atoms with Crippen molar-refractivity contribution in [2.75, 3.05) is 0 Å². The number of unbranched alkanes of at least 4 members (excludes halogenated alkanes) is 1. The predicted molar refractivity (Wildman–Crippen MR) is 59.7 cm³/mol. The first-order valence-electron chi connectivity index (χ1n) is 5.04. The molecule has 0 N–H and O–H groups in total. The van der Waals surface area contributed by atoms with Crippen molar-refractivity contribution in [2.24, 2.45) is 7.05 Å². The van der Waals surface area contributed by atoms with Crippen LogP contribution >= 0.6 is 0 Å². The van der Waals surface area contributed by atoms with Gasteiger partial charge < -0.3 is 0 Å². The van der Waals surface area contributed by atoms with E-state index in [2.05, 4.69) is 11.0 Å². The third kappa shape index (κ3) is 2.47. The molecule has 0 aromatic carbocycles. The highest BCUT2D eigenvalue weighted by molar-refractivity contribution is 5.98. The fourth-order valence-corrected chi connectivity index (χ4v) is 1.65. The van der Waals surface area contributed by atoms with Crippen molar-refractivity contribution in [3.05, 3.63) is 17.0 Å². The van der Waals surface area contributed by atoms with Crippen LogP contribution in [0.15, 0.2) is 0 Å². The van der Waals surface area contributed by atoms with Crippen molar-refractivity contribution in [2.45, 2.75) is 33.1 Å². The minimum Gasteiger partial charge on any atom is -0.294 e. The molecule has 3 nitrogen and oxygen atoms in total. The summed E-state index contributed by atoms with van der Waals surface area (Å²) in [4.78, 5) is 11.9. The summed E-state index contributed by atoms with van der Waals surface area (Å²) in [5.74, 6) is 2.68. The summed E-state index contributed by atoms with van der Waals surface area (Å²) >= 11 is 0. The van der Waals surface area contributed by atoms with E-state index < -0.39 is 0 Å². The zero-order chi connectivity index (χ0) is 11.4. The number of carbonyl (C=O) groups excluding carboxylic acids is 1. The van der Waals surface area contributed by atoms with Crippen LogP contribution in [0.25, 0.3) is 0 Å². The number of carbonyl (C=O) groups is 1. The van der Waals surface area contributed by atoms with Crippen molar-refractivity contribution in [1.82, 2.24) is 9.78 Å².